The molecule has 2 N–H and O–H groups in total. The summed E-state index contributed by atoms with van der Waals surface area (Å²) in [6, 6.07) is 12.1. The van der Waals surface area contributed by atoms with Crippen LogP contribution in [0.3, 0.4) is 0 Å². The number of hydrogen-bond acceptors (Lipinski definition) is 2. The van der Waals surface area contributed by atoms with Crippen molar-refractivity contribution in [2.75, 3.05) is 11.9 Å². The zero-order valence-corrected chi connectivity index (χ0v) is 13.1. The van der Waals surface area contributed by atoms with E-state index in [1.807, 2.05) is 13.8 Å². The first-order valence-electron chi connectivity index (χ1n) is 7.41. The number of amides is 2. The molecule has 2 aromatic rings. The molecule has 5 heteroatoms. The van der Waals surface area contributed by atoms with Crippen molar-refractivity contribution >= 4 is 17.5 Å². The Kier molecular flexibility index (Phi) is 5.46. The van der Waals surface area contributed by atoms with Gasteiger partial charge in [0.25, 0.3) is 11.8 Å². The lowest BCUT2D eigenvalue weighted by Crippen LogP contribution is -2.27. The summed E-state index contributed by atoms with van der Waals surface area (Å²) in [5, 5.41) is 5.41. The van der Waals surface area contributed by atoms with Crippen molar-refractivity contribution in [3.05, 3.63) is 65.5 Å². The summed E-state index contributed by atoms with van der Waals surface area (Å²) in [7, 11) is 0. The van der Waals surface area contributed by atoms with E-state index in [1.54, 1.807) is 24.3 Å². The van der Waals surface area contributed by atoms with Gasteiger partial charge in [0.05, 0.1) is 0 Å². The Morgan fingerprint density at radius 2 is 1.65 bits per heavy atom. The third kappa shape index (κ3) is 4.92. The van der Waals surface area contributed by atoms with E-state index in [4.69, 9.17) is 0 Å². The highest BCUT2D eigenvalue weighted by atomic mass is 19.1. The minimum Gasteiger partial charge on any atom is -0.352 e. The van der Waals surface area contributed by atoms with Crippen LogP contribution in [-0.4, -0.2) is 18.4 Å². The van der Waals surface area contributed by atoms with Crippen LogP contribution < -0.4 is 10.6 Å². The van der Waals surface area contributed by atoms with Crippen LogP contribution in [0.15, 0.2) is 48.5 Å². The molecule has 23 heavy (non-hydrogen) atoms. The van der Waals surface area contributed by atoms with Gasteiger partial charge in [-0.3, -0.25) is 9.59 Å². The van der Waals surface area contributed by atoms with Crippen LogP contribution in [0.4, 0.5) is 10.1 Å². The van der Waals surface area contributed by atoms with Crippen molar-refractivity contribution in [3.63, 3.8) is 0 Å². The average molecular weight is 314 g/mol. The summed E-state index contributed by atoms with van der Waals surface area (Å²) >= 11 is 0. The van der Waals surface area contributed by atoms with E-state index in [2.05, 4.69) is 10.6 Å². The first-order chi connectivity index (χ1) is 11.0. The maximum atomic E-state index is 13.1. The van der Waals surface area contributed by atoms with E-state index in [9.17, 15) is 14.0 Å². The normalized spacial score (nSPS) is 10.4. The van der Waals surface area contributed by atoms with E-state index in [0.29, 0.717) is 29.3 Å². The fourth-order valence-corrected chi connectivity index (χ4v) is 1.97. The molecular formula is C18H19FN2O2. The second-order valence-corrected chi connectivity index (χ2v) is 5.65. The van der Waals surface area contributed by atoms with Crippen LogP contribution in [0.5, 0.6) is 0 Å². The molecule has 2 amide bonds. The van der Waals surface area contributed by atoms with E-state index in [-0.39, 0.29) is 5.91 Å². The zero-order valence-electron chi connectivity index (χ0n) is 13.1. The number of rotatable bonds is 5. The Bertz CT molecular complexity index is 714. The molecular weight excluding hydrogens is 295 g/mol. The van der Waals surface area contributed by atoms with Crippen molar-refractivity contribution in [3.8, 4) is 0 Å². The number of halogens is 1. The quantitative estimate of drug-likeness (QED) is 0.888. The number of benzene rings is 2. The smallest absolute Gasteiger partial charge is 0.255 e. The minimum absolute atomic E-state index is 0.223. The van der Waals surface area contributed by atoms with Gasteiger partial charge in [-0.05, 0) is 42.3 Å². The predicted molar refractivity (Wildman–Crippen MR) is 88.0 cm³/mol. The maximum Gasteiger partial charge on any atom is 0.255 e. The van der Waals surface area contributed by atoms with Gasteiger partial charge in [0, 0.05) is 23.4 Å². The molecule has 0 saturated carbocycles. The molecule has 0 spiro atoms. The second kappa shape index (κ2) is 7.54. The van der Waals surface area contributed by atoms with Crippen LogP contribution in [0, 0.1) is 11.7 Å². The Hall–Kier alpha value is -2.69. The molecule has 2 rings (SSSR count). The molecule has 0 fully saturated rings. The lowest BCUT2D eigenvalue weighted by molar-refractivity contribution is 0.0949. The van der Waals surface area contributed by atoms with Crippen molar-refractivity contribution in [2.24, 2.45) is 5.92 Å². The molecule has 0 heterocycles. The van der Waals surface area contributed by atoms with Gasteiger partial charge < -0.3 is 10.6 Å². The van der Waals surface area contributed by atoms with Crippen LogP contribution in [-0.2, 0) is 0 Å². The molecule has 0 atom stereocenters. The van der Waals surface area contributed by atoms with Crippen molar-refractivity contribution < 1.29 is 14.0 Å². The number of hydrogen-bond donors (Lipinski definition) is 2. The summed E-state index contributed by atoms with van der Waals surface area (Å²) in [6.45, 7) is 4.57. The molecule has 0 aliphatic rings. The molecule has 0 aromatic heterocycles. The van der Waals surface area contributed by atoms with Crippen LogP contribution in [0.25, 0.3) is 0 Å². The van der Waals surface area contributed by atoms with Gasteiger partial charge >= 0.3 is 0 Å². The molecule has 2 aromatic carbocycles. The van der Waals surface area contributed by atoms with Gasteiger partial charge in [-0.25, -0.2) is 4.39 Å². The van der Waals surface area contributed by atoms with Gasteiger partial charge in [-0.2, -0.15) is 0 Å². The largest absolute Gasteiger partial charge is 0.352 e. The fourth-order valence-electron chi connectivity index (χ4n) is 1.97. The number of carbonyl (C=O) groups excluding carboxylic acids is 2. The standard InChI is InChI=1S/C18H19FN2O2/c1-12(2)11-20-17(22)13-5-3-6-14(9-13)18(23)21-16-8-4-7-15(19)10-16/h3-10,12H,11H2,1-2H3,(H,20,22)(H,21,23). The minimum atomic E-state index is -0.426. The summed E-state index contributed by atoms with van der Waals surface area (Å²) in [5.74, 6) is -0.698. The van der Waals surface area contributed by atoms with E-state index < -0.39 is 11.7 Å². The van der Waals surface area contributed by atoms with Gasteiger partial charge in [0.15, 0.2) is 0 Å². The van der Waals surface area contributed by atoms with Crippen molar-refractivity contribution in [1.29, 1.82) is 0 Å². The molecule has 4 nitrogen and oxygen atoms in total. The topological polar surface area (TPSA) is 58.2 Å². The summed E-state index contributed by atoms with van der Waals surface area (Å²) in [5.41, 5.74) is 1.12. The summed E-state index contributed by atoms with van der Waals surface area (Å²) in [4.78, 5) is 24.2. The van der Waals surface area contributed by atoms with Gasteiger partial charge in [0.2, 0.25) is 0 Å². The Morgan fingerprint density at radius 3 is 2.30 bits per heavy atom. The zero-order chi connectivity index (χ0) is 16.8. The molecule has 0 bridgehead atoms. The highest BCUT2D eigenvalue weighted by Gasteiger charge is 2.11. The number of nitrogens with one attached hydrogen (secondary N) is 2. The Labute approximate surface area is 134 Å². The Balaban J connectivity index is 2.09. The second-order valence-electron chi connectivity index (χ2n) is 5.65. The van der Waals surface area contributed by atoms with Crippen LogP contribution in [0.2, 0.25) is 0 Å². The van der Waals surface area contributed by atoms with Gasteiger partial charge in [-0.1, -0.05) is 26.0 Å². The molecule has 0 radical (unpaired) electrons. The average Bonchev–Trinajstić information content (AvgIpc) is 2.52. The third-order valence-electron chi connectivity index (χ3n) is 3.14. The molecule has 0 saturated heterocycles. The highest BCUT2D eigenvalue weighted by Crippen LogP contribution is 2.12. The van der Waals surface area contributed by atoms with Gasteiger partial charge in [0.1, 0.15) is 5.82 Å². The Morgan fingerprint density at radius 1 is 1.00 bits per heavy atom. The SMILES string of the molecule is CC(C)CNC(=O)c1cccc(C(=O)Nc2cccc(F)c2)c1. The monoisotopic (exact) mass is 314 g/mol. The van der Waals surface area contributed by atoms with E-state index >= 15 is 0 Å². The number of anilines is 1. The van der Waals surface area contributed by atoms with Crippen molar-refractivity contribution in [1.82, 2.24) is 5.32 Å². The molecule has 0 aliphatic carbocycles. The molecule has 120 valence electrons. The molecule has 0 aliphatic heterocycles. The summed E-state index contributed by atoms with van der Waals surface area (Å²) < 4.78 is 13.1. The van der Waals surface area contributed by atoms with E-state index in [0.717, 1.165) is 0 Å². The van der Waals surface area contributed by atoms with Crippen molar-refractivity contribution in [2.45, 2.75) is 13.8 Å². The number of carbonyl (C=O) groups is 2. The van der Waals surface area contributed by atoms with E-state index in [1.165, 1.54) is 24.3 Å². The lowest BCUT2D eigenvalue weighted by Gasteiger charge is -2.09. The highest BCUT2D eigenvalue weighted by molar-refractivity contribution is 6.06. The third-order valence-corrected chi connectivity index (χ3v) is 3.14. The predicted octanol–water partition coefficient (Wildman–Crippen LogP) is 3.46. The summed E-state index contributed by atoms with van der Waals surface area (Å²) in [6.07, 6.45) is 0. The van der Waals surface area contributed by atoms with Gasteiger partial charge in [-0.15, -0.1) is 0 Å². The maximum absolute atomic E-state index is 13.1. The first kappa shape index (κ1) is 16.7. The molecule has 0 unspecified atom stereocenters. The first-order valence-corrected chi connectivity index (χ1v) is 7.41. The lowest BCUT2D eigenvalue weighted by atomic mass is 10.1. The van der Waals surface area contributed by atoms with Crippen LogP contribution in [0.1, 0.15) is 34.6 Å². The van der Waals surface area contributed by atoms with Crippen LogP contribution >= 0.6 is 0 Å². The fraction of sp³-hybridized carbons (Fsp3) is 0.222.